The highest BCUT2D eigenvalue weighted by Crippen LogP contribution is 2.26. The Labute approximate surface area is 200 Å². The number of ether oxygens (including phenoxy) is 2. The molecule has 0 aromatic heterocycles. The highest BCUT2D eigenvalue weighted by molar-refractivity contribution is 4.90. The highest BCUT2D eigenvalue weighted by Gasteiger charge is 2.32. The minimum absolute atomic E-state index is 0.433. The smallest absolute Gasteiger partial charge is 0.0605 e. The van der Waals surface area contributed by atoms with E-state index in [0.717, 1.165) is 13.2 Å². The maximum atomic E-state index is 6.34. The summed E-state index contributed by atoms with van der Waals surface area (Å²) in [6.07, 6.45) is 10.4. The quantitative estimate of drug-likeness (QED) is 0.327. The normalized spacial score (nSPS) is 31.9. The van der Waals surface area contributed by atoms with E-state index in [1.807, 2.05) is 0 Å². The van der Waals surface area contributed by atoms with Crippen LogP contribution in [0.3, 0.4) is 0 Å². The third-order valence-corrected chi connectivity index (χ3v) is 7.89. The molecule has 0 amide bonds. The summed E-state index contributed by atoms with van der Waals surface area (Å²) in [5, 5.41) is 7.71. The van der Waals surface area contributed by atoms with Gasteiger partial charge in [-0.05, 0) is 62.2 Å². The first-order valence-corrected chi connectivity index (χ1v) is 13.9. The Balaban J connectivity index is 1.57. The van der Waals surface area contributed by atoms with E-state index in [4.69, 9.17) is 9.47 Å². The molecule has 4 unspecified atom stereocenters. The average molecular weight is 453 g/mol. The molecular weight excluding hydrogens is 396 g/mol. The Morgan fingerprint density at radius 2 is 0.781 bits per heavy atom. The first-order chi connectivity index (χ1) is 15.2. The summed E-state index contributed by atoms with van der Waals surface area (Å²) in [6.45, 7) is 20.5. The second kappa shape index (κ2) is 14.3. The van der Waals surface area contributed by atoms with Gasteiger partial charge >= 0.3 is 0 Å². The standard InChI is InChI=1S/C28H56N2O2/c1-19(2)25-15-23(16-26(29-25)20(3)4)31-13-11-9-10-12-14-32-24-17-27(21(5)6)30-28(18-24)22(7)8/h19-30H,9-18H2,1-8H3. The Morgan fingerprint density at radius 1 is 0.500 bits per heavy atom. The molecule has 2 saturated heterocycles. The zero-order chi connectivity index (χ0) is 23.7. The molecule has 4 heteroatoms. The summed E-state index contributed by atoms with van der Waals surface area (Å²) in [6, 6.07) is 2.38. The van der Waals surface area contributed by atoms with Crippen LogP contribution in [0.25, 0.3) is 0 Å². The summed E-state index contributed by atoms with van der Waals surface area (Å²) >= 11 is 0. The summed E-state index contributed by atoms with van der Waals surface area (Å²) in [7, 11) is 0. The van der Waals surface area contributed by atoms with Crippen LogP contribution < -0.4 is 10.6 Å². The van der Waals surface area contributed by atoms with Crippen LogP contribution in [0.15, 0.2) is 0 Å². The van der Waals surface area contributed by atoms with Crippen molar-refractivity contribution in [2.75, 3.05) is 13.2 Å². The van der Waals surface area contributed by atoms with Gasteiger partial charge < -0.3 is 20.1 Å². The maximum Gasteiger partial charge on any atom is 0.0605 e. The van der Waals surface area contributed by atoms with E-state index in [-0.39, 0.29) is 0 Å². The summed E-state index contributed by atoms with van der Waals surface area (Å²) in [5.41, 5.74) is 0. The number of hydrogen-bond donors (Lipinski definition) is 2. The van der Waals surface area contributed by atoms with E-state index in [9.17, 15) is 0 Å². The van der Waals surface area contributed by atoms with E-state index >= 15 is 0 Å². The van der Waals surface area contributed by atoms with Crippen LogP contribution >= 0.6 is 0 Å². The van der Waals surface area contributed by atoms with Crippen LogP contribution in [0.4, 0.5) is 0 Å². The van der Waals surface area contributed by atoms with Crippen molar-refractivity contribution in [1.29, 1.82) is 0 Å². The van der Waals surface area contributed by atoms with E-state index in [1.165, 1.54) is 51.4 Å². The number of unbranched alkanes of at least 4 members (excludes halogenated alkanes) is 3. The van der Waals surface area contributed by atoms with Crippen molar-refractivity contribution in [1.82, 2.24) is 10.6 Å². The Morgan fingerprint density at radius 3 is 1.03 bits per heavy atom. The molecule has 0 aromatic rings. The molecule has 2 rings (SSSR count). The van der Waals surface area contributed by atoms with Gasteiger partial charge in [0.15, 0.2) is 0 Å². The molecule has 2 N–H and O–H groups in total. The van der Waals surface area contributed by atoms with Gasteiger partial charge in [0.1, 0.15) is 0 Å². The van der Waals surface area contributed by atoms with Gasteiger partial charge in [-0.1, -0.05) is 68.2 Å². The molecule has 2 heterocycles. The fraction of sp³-hybridized carbons (Fsp3) is 1.00. The molecule has 0 bridgehead atoms. The lowest BCUT2D eigenvalue weighted by atomic mass is 9.85. The zero-order valence-electron chi connectivity index (χ0n) is 22.7. The van der Waals surface area contributed by atoms with Crippen LogP contribution in [-0.4, -0.2) is 49.6 Å². The predicted octanol–water partition coefficient (Wildman–Crippen LogP) is 6.18. The average Bonchev–Trinajstić information content (AvgIpc) is 2.74. The first-order valence-electron chi connectivity index (χ1n) is 13.9. The zero-order valence-corrected chi connectivity index (χ0v) is 22.7. The van der Waals surface area contributed by atoms with Crippen LogP contribution in [-0.2, 0) is 9.47 Å². The van der Waals surface area contributed by atoms with E-state index in [2.05, 4.69) is 66.0 Å². The first kappa shape index (κ1) is 28.1. The van der Waals surface area contributed by atoms with Gasteiger partial charge in [-0.2, -0.15) is 0 Å². The van der Waals surface area contributed by atoms with Gasteiger partial charge in [-0.3, -0.25) is 0 Å². The lowest BCUT2D eigenvalue weighted by molar-refractivity contribution is -0.00747. The van der Waals surface area contributed by atoms with Crippen molar-refractivity contribution in [2.24, 2.45) is 23.7 Å². The molecular formula is C28H56N2O2. The van der Waals surface area contributed by atoms with Gasteiger partial charge in [0.2, 0.25) is 0 Å². The fourth-order valence-electron chi connectivity index (χ4n) is 5.34. The summed E-state index contributed by atoms with van der Waals surface area (Å²) in [4.78, 5) is 0. The van der Waals surface area contributed by atoms with Gasteiger partial charge in [0.25, 0.3) is 0 Å². The van der Waals surface area contributed by atoms with E-state index in [0.29, 0.717) is 60.0 Å². The Kier molecular flexibility index (Phi) is 12.5. The molecule has 4 nitrogen and oxygen atoms in total. The largest absolute Gasteiger partial charge is 0.378 e. The van der Waals surface area contributed by atoms with Crippen LogP contribution in [0.1, 0.15) is 107 Å². The topological polar surface area (TPSA) is 42.5 Å². The van der Waals surface area contributed by atoms with Crippen LogP contribution in [0.5, 0.6) is 0 Å². The summed E-state index contributed by atoms with van der Waals surface area (Å²) in [5.74, 6) is 2.70. The molecule has 4 atom stereocenters. The van der Waals surface area contributed by atoms with Gasteiger partial charge in [-0.25, -0.2) is 0 Å². The lowest BCUT2D eigenvalue weighted by Gasteiger charge is -2.40. The van der Waals surface area contributed by atoms with Crippen molar-refractivity contribution in [3.63, 3.8) is 0 Å². The molecule has 0 spiro atoms. The van der Waals surface area contributed by atoms with Gasteiger partial charge in [0.05, 0.1) is 12.2 Å². The Bertz CT molecular complexity index is 418. The van der Waals surface area contributed by atoms with Gasteiger partial charge in [-0.15, -0.1) is 0 Å². The second-order valence-corrected chi connectivity index (χ2v) is 12.1. The maximum absolute atomic E-state index is 6.34. The lowest BCUT2D eigenvalue weighted by Crippen LogP contribution is -2.52. The van der Waals surface area contributed by atoms with Crippen molar-refractivity contribution in [3.05, 3.63) is 0 Å². The molecule has 0 aliphatic carbocycles. The minimum Gasteiger partial charge on any atom is -0.378 e. The van der Waals surface area contributed by atoms with Crippen molar-refractivity contribution in [3.8, 4) is 0 Å². The third kappa shape index (κ3) is 9.60. The highest BCUT2D eigenvalue weighted by atomic mass is 16.5. The molecule has 0 saturated carbocycles. The molecule has 0 aromatic carbocycles. The van der Waals surface area contributed by atoms with Gasteiger partial charge in [0, 0.05) is 37.4 Å². The number of rotatable bonds is 13. The SMILES string of the molecule is CC(C)C1CC(OCCCCCCOC2CC(C(C)C)NC(C(C)C)C2)CC(C(C)C)N1. The van der Waals surface area contributed by atoms with Crippen molar-refractivity contribution < 1.29 is 9.47 Å². The minimum atomic E-state index is 0.433. The molecule has 190 valence electrons. The Hall–Kier alpha value is -0.160. The molecule has 32 heavy (non-hydrogen) atoms. The second-order valence-electron chi connectivity index (χ2n) is 12.1. The van der Waals surface area contributed by atoms with E-state index < -0.39 is 0 Å². The van der Waals surface area contributed by atoms with Crippen LogP contribution in [0.2, 0.25) is 0 Å². The molecule has 2 fully saturated rings. The predicted molar refractivity (Wildman–Crippen MR) is 137 cm³/mol. The number of hydrogen-bond acceptors (Lipinski definition) is 4. The molecule has 2 aliphatic heterocycles. The number of nitrogens with one attached hydrogen (secondary N) is 2. The molecule has 2 aliphatic rings. The van der Waals surface area contributed by atoms with E-state index in [1.54, 1.807) is 0 Å². The fourth-order valence-corrected chi connectivity index (χ4v) is 5.34. The van der Waals surface area contributed by atoms with Crippen molar-refractivity contribution >= 4 is 0 Å². The third-order valence-electron chi connectivity index (χ3n) is 7.89. The van der Waals surface area contributed by atoms with Crippen LogP contribution in [0, 0.1) is 23.7 Å². The van der Waals surface area contributed by atoms with Crippen molar-refractivity contribution in [2.45, 2.75) is 143 Å². The monoisotopic (exact) mass is 452 g/mol. The summed E-state index contributed by atoms with van der Waals surface area (Å²) < 4.78 is 12.7. The molecule has 0 radical (unpaired) electrons. The number of piperidine rings is 2.